The minimum Gasteiger partial charge on any atom is -0.292 e. The molecular weight excluding hydrogens is 232 g/mol. The van der Waals surface area contributed by atoms with E-state index in [1.807, 2.05) is 31.2 Å². The van der Waals surface area contributed by atoms with Crippen molar-refractivity contribution in [2.45, 2.75) is 25.6 Å². The van der Waals surface area contributed by atoms with Gasteiger partial charge >= 0.3 is 0 Å². The van der Waals surface area contributed by atoms with Gasteiger partial charge in [-0.2, -0.15) is 5.11 Å². The van der Waals surface area contributed by atoms with E-state index in [-0.39, 0.29) is 11.8 Å². The number of rotatable bonds is 2. The standard InChI is InChI=1S/C12H12N4O2/c1-7-2-4-8(5-3-7)6-16-10-9(14-15-16)11(17)13-12(10)18/h2-5,9-10H,6H2,1H3,(H,13,17,18)/t9-,10+/m0/s1. The van der Waals surface area contributed by atoms with Crippen LogP contribution in [0.25, 0.3) is 0 Å². The molecule has 2 heterocycles. The molecule has 6 nitrogen and oxygen atoms in total. The lowest BCUT2D eigenvalue weighted by Gasteiger charge is -2.18. The van der Waals surface area contributed by atoms with Crippen molar-refractivity contribution in [3.8, 4) is 0 Å². The molecule has 1 aromatic carbocycles. The van der Waals surface area contributed by atoms with Crippen molar-refractivity contribution in [2.75, 3.05) is 0 Å². The molecule has 0 saturated carbocycles. The third-order valence-electron chi connectivity index (χ3n) is 3.16. The summed E-state index contributed by atoms with van der Waals surface area (Å²) in [6.45, 7) is 2.49. The molecule has 2 amide bonds. The van der Waals surface area contributed by atoms with E-state index < -0.39 is 12.1 Å². The first-order valence-electron chi connectivity index (χ1n) is 5.73. The zero-order valence-corrected chi connectivity index (χ0v) is 9.83. The van der Waals surface area contributed by atoms with Crippen molar-refractivity contribution in [1.82, 2.24) is 10.3 Å². The Balaban J connectivity index is 1.78. The molecule has 1 saturated heterocycles. The van der Waals surface area contributed by atoms with Crippen molar-refractivity contribution >= 4 is 11.8 Å². The van der Waals surface area contributed by atoms with Crippen molar-refractivity contribution in [3.05, 3.63) is 35.4 Å². The summed E-state index contributed by atoms with van der Waals surface area (Å²) < 4.78 is 0. The lowest BCUT2D eigenvalue weighted by molar-refractivity contribution is -0.126. The van der Waals surface area contributed by atoms with Gasteiger partial charge in [0.15, 0.2) is 12.1 Å². The number of fused-ring (bicyclic) bond motifs is 1. The van der Waals surface area contributed by atoms with Gasteiger partial charge in [0, 0.05) is 0 Å². The minimum absolute atomic E-state index is 0.317. The van der Waals surface area contributed by atoms with E-state index in [2.05, 4.69) is 15.7 Å². The van der Waals surface area contributed by atoms with Crippen LogP contribution in [0.3, 0.4) is 0 Å². The van der Waals surface area contributed by atoms with E-state index >= 15 is 0 Å². The number of amides is 2. The Labute approximate surface area is 104 Å². The lowest BCUT2D eigenvalue weighted by atomic mass is 10.1. The van der Waals surface area contributed by atoms with Gasteiger partial charge in [-0.15, -0.1) is 0 Å². The predicted molar refractivity (Wildman–Crippen MR) is 62.3 cm³/mol. The number of carbonyl (C=O) groups excluding carboxylic acids is 2. The maximum absolute atomic E-state index is 11.6. The van der Waals surface area contributed by atoms with Crippen molar-refractivity contribution in [3.63, 3.8) is 0 Å². The number of hydrogen-bond donors (Lipinski definition) is 1. The van der Waals surface area contributed by atoms with Gasteiger partial charge in [0.25, 0.3) is 11.8 Å². The number of imide groups is 1. The Hall–Kier alpha value is -2.24. The molecule has 2 atom stereocenters. The minimum atomic E-state index is -0.678. The van der Waals surface area contributed by atoms with Crippen LogP contribution in [0.1, 0.15) is 11.1 Å². The summed E-state index contributed by atoms with van der Waals surface area (Å²) in [5.74, 6) is -0.678. The summed E-state index contributed by atoms with van der Waals surface area (Å²) in [6, 6.07) is 6.70. The molecule has 1 N–H and O–H groups in total. The Morgan fingerprint density at radius 2 is 1.94 bits per heavy atom. The van der Waals surface area contributed by atoms with Crippen LogP contribution >= 0.6 is 0 Å². The number of hydrogen-bond acceptors (Lipinski definition) is 5. The molecule has 18 heavy (non-hydrogen) atoms. The highest BCUT2D eigenvalue weighted by molar-refractivity contribution is 6.09. The van der Waals surface area contributed by atoms with Crippen LogP contribution in [0.4, 0.5) is 0 Å². The topological polar surface area (TPSA) is 74.1 Å². The molecule has 2 aliphatic rings. The van der Waals surface area contributed by atoms with Gasteiger partial charge in [-0.05, 0) is 12.5 Å². The van der Waals surface area contributed by atoms with Crippen LogP contribution < -0.4 is 5.32 Å². The fourth-order valence-electron chi connectivity index (χ4n) is 2.16. The lowest BCUT2D eigenvalue weighted by Crippen LogP contribution is -2.38. The first-order chi connectivity index (χ1) is 8.65. The summed E-state index contributed by atoms with van der Waals surface area (Å²) in [7, 11) is 0. The Bertz CT molecular complexity index is 538. The number of aryl methyl sites for hydroxylation is 1. The second-order valence-corrected chi connectivity index (χ2v) is 4.53. The average Bonchev–Trinajstić information content (AvgIpc) is 2.86. The summed E-state index contributed by atoms with van der Waals surface area (Å²) in [5.41, 5.74) is 2.21. The SMILES string of the molecule is Cc1ccc(CN2N=N[C@@H]3C(=O)NC(=O)[C@@H]32)cc1. The van der Waals surface area contributed by atoms with Gasteiger partial charge < -0.3 is 0 Å². The van der Waals surface area contributed by atoms with E-state index in [4.69, 9.17) is 0 Å². The molecule has 0 aromatic heterocycles. The van der Waals surface area contributed by atoms with Crippen LogP contribution in [0.15, 0.2) is 34.6 Å². The Kier molecular flexibility index (Phi) is 2.36. The van der Waals surface area contributed by atoms with Crippen LogP contribution in [0, 0.1) is 6.92 Å². The first kappa shape index (κ1) is 10.9. The van der Waals surface area contributed by atoms with Gasteiger partial charge in [-0.25, -0.2) is 0 Å². The molecule has 6 heteroatoms. The van der Waals surface area contributed by atoms with Gasteiger partial charge in [0.05, 0.1) is 6.54 Å². The first-order valence-corrected chi connectivity index (χ1v) is 5.73. The van der Waals surface area contributed by atoms with Gasteiger partial charge in [0.1, 0.15) is 0 Å². The molecule has 0 unspecified atom stereocenters. The van der Waals surface area contributed by atoms with Crippen molar-refractivity contribution < 1.29 is 9.59 Å². The fraction of sp³-hybridized carbons (Fsp3) is 0.333. The molecule has 1 aromatic rings. The highest BCUT2D eigenvalue weighted by Crippen LogP contribution is 2.24. The number of nitrogens with zero attached hydrogens (tertiary/aromatic N) is 3. The zero-order chi connectivity index (χ0) is 12.7. The maximum atomic E-state index is 11.6. The van der Waals surface area contributed by atoms with Crippen LogP contribution in [-0.2, 0) is 16.1 Å². The summed E-state index contributed by atoms with van der Waals surface area (Å²) in [6.07, 6.45) is 0. The molecule has 3 rings (SSSR count). The van der Waals surface area contributed by atoms with E-state index in [1.54, 1.807) is 5.01 Å². The fourth-order valence-corrected chi connectivity index (χ4v) is 2.16. The van der Waals surface area contributed by atoms with Crippen LogP contribution in [0.5, 0.6) is 0 Å². The van der Waals surface area contributed by atoms with E-state index in [0.29, 0.717) is 6.54 Å². The average molecular weight is 244 g/mol. The second-order valence-electron chi connectivity index (χ2n) is 4.53. The van der Waals surface area contributed by atoms with Crippen LogP contribution in [0.2, 0.25) is 0 Å². The highest BCUT2D eigenvalue weighted by atomic mass is 16.2. The predicted octanol–water partition coefficient (Wildman–Crippen LogP) is 0.571. The molecule has 1 fully saturated rings. The number of carbonyl (C=O) groups is 2. The van der Waals surface area contributed by atoms with Crippen LogP contribution in [-0.4, -0.2) is 28.9 Å². The number of benzene rings is 1. The Morgan fingerprint density at radius 3 is 2.67 bits per heavy atom. The molecule has 0 spiro atoms. The molecule has 0 aliphatic carbocycles. The normalized spacial score (nSPS) is 25.5. The summed E-state index contributed by atoms with van der Waals surface area (Å²) >= 11 is 0. The zero-order valence-electron chi connectivity index (χ0n) is 9.83. The quantitative estimate of drug-likeness (QED) is 0.773. The molecule has 92 valence electrons. The van der Waals surface area contributed by atoms with Crippen molar-refractivity contribution in [1.29, 1.82) is 0 Å². The van der Waals surface area contributed by atoms with Gasteiger partial charge in [-0.3, -0.25) is 19.9 Å². The number of nitrogens with one attached hydrogen (secondary N) is 1. The van der Waals surface area contributed by atoms with Gasteiger partial charge in [-0.1, -0.05) is 35.1 Å². The Morgan fingerprint density at radius 1 is 1.22 bits per heavy atom. The largest absolute Gasteiger partial charge is 0.292 e. The highest BCUT2D eigenvalue weighted by Gasteiger charge is 2.49. The third-order valence-corrected chi connectivity index (χ3v) is 3.16. The van der Waals surface area contributed by atoms with E-state index in [9.17, 15) is 9.59 Å². The monoisotopic (exact) mass is 244 g/mol. The smallest absolute Gasteiger partial charge is 0.256 e. The van der Waals surface area contributed by atoms with Gasteiger partial charge in [0.2, 0.25) is 0 Å². The molecule has 2 aliphatic heterocycles. The second kappa shape index (κ2) is 3.90. The molecule has 0 bridgehead atoms. The van der Waals surface area contributed by atoms with Crippen molar-refractivity contribution in [2.24, 2.45) is 10.3 Å². The maximum Gasteiger partial charge on any atom is 0.256 e. The third kappa shape index (κ3) is 1.66. The summed E-state index contributed by atoms with van der Waals surface area (Å²) in [4.78, 5) is 23.0. The van der Waals surface area contributed by atoms with E-state index in [0.717, 1.165) is 5.56 Å². The summed E-state index contributed by atoms with van der Waals surface area (Å²) in [5, 5.41) is 11.6. The molecule has 0 radical (unpaired) electrons. The molecular formula is C12H12N4O2. The van der Waals surface area contributed by atoms with E-state index in [1.165, 1.54) is 5.56 Å².